The molecule has 3 aliphatic heterocycles. The van der Waals surface area contributed by atoms with Gasteiger partial charge in [-0.15, -0.1) is 0 Å². The summed E-state index contributed by atoms with van der Waals surface area (Å²) in [4.78, 5) is 81.0. The molecule has 16 heteroatoms. The SMILES string of the molecule is CCc1cccc(-c2cnc(C(=O)N3CCC(CN4CCN(CC(=O)N5CCN(C(=O)c6cc(Cc7n[nH]c(=O)c8ccccc78)ccc6F)CC5)CC4)CC3)c(NC(=O)CNCC3CC3)c2)c1. The Morgan fingerprint density at radius 3 is 2.19 bits per heavy atom. The number of hydrogen-bond acceptors (Lipinski definition) is 10. The number of H-pyrrole nitrogens is 1. The van der Waals surface area contributed by atoms with Crippen molar-refractivity contribution < 1.29 is 23.6 Å². The van der Waals surface area contributed by atoms with Crippen LogP contribution in [0, 0.1) is 17.7 Å². The summed E-state index contributed by atoms with van der Waals surface area (Å²) >= 11 is 0. The number of hydrogen-bond donors (Lipinski definition) is 3. The van der Waals surface area contributed by atoms with Crippen molar-refractivity contribution in [2.75, 3.05) is 96.9 Å². The molecule has 356 valence electrons. The second-order valence-corrected chi connectivity index (χ2v) is 18.8. The fraction of sp³-hybridized carbons (Fsp3) is 0.442. The summed E-state index contributed by atoms with van der Waals surface area (Å²) in [5, 5.41) is 14.2. The molecular formula is C52H61FN10O5. The number of aryl methyl sites for hydroxylation is 1. The van der Waals surface area contributed by atoms with Gasteiger partial charge in [0.15, 0.2) is 5.69 Å². The van der Waals surface area contributed by atoms with Crippen molar-refractivity contribution in [1.82, 2.24) is 45.0 Å². The summed E-state index contributed by atoms with van der Waals surface area (Å²) in [6.07, 6.45) is 7.08. The highest BCUT2D eigenvalue weighted by molar-refractivity contribution is 6.03. The number of aromatic nitrogens is 3. The standard InChI is InChI=1S/C52H61FN10O5/c1-2-35-6-5-7-39(26-35)40-29-46(56-47(64)32-54-30-36-10-11-36)49(55-31-40)52(68)62-16-14-37(15-17-62)33-59-18-20-60(21-19-59)34-48(65)61-22-24-63(25-23-61)51(67)43-27-38(12-13-44(43)53)28-45-41-8-3-4-9-42(41)50(66)58-57-45/h3-9,12-13,26-27,29,31,36-37,54H,2,10-11,14-25,28,30,32-34H2,1H3,(H,56,64)(H,58,66). The minimum atomic E-state index is -0.607. The Bertz CT molecular complexity index is 2700. The van der Waals surface area contributed by atoms with Crippen molar-refractivity contribution >= 4 is 40.1 Å². The number of aromatic amines is 1. The van der Waals surface area contributed by atoms with Gasteiger partial charge in [0.2, 0.25) is 11.8 Å². The number of halogens is 1. The number of piperidine rings is 1. The van der Waals surface area contributed by atoms with E-state index >= 15 is 4.39 Å². The molecule has 0 spiro atoms. The zero-order valence-electron chi connectivity index (χ0n) is 38.9. The molecule has 0 atom stereocenters. The lowest BCUT2D eigenvalue weighted by Gasteiger charge is -2.40. The number of nitrogens with one attached hydrogen (secondary N) is 3. The summed E-state index contributed by atoms with van der Waals surface area (Å²) in [6.45, 7) is 10.2. The first-order chi connectivity index (χ1) is 33.1. The lowest BCUT2D eigenvalue weighted by Crippen LogP contribution is -2.55. The molecule has 5 aromatic rings. The van der Waals surface area contributed by atoms with Crippen LogP contribution in [0.15, 0.2) is 83.8 Å². The van der Waals surface area contributed by atoms with Gasteiger partial charge >= 0.3 is 0 Å². The van der Waals surface area contributed by atoms with Gasteiger partial charge in [-0.05, 0) is 91.4 Å². The van der Waals surface area contributed by atoms with Crippen LogP contribution in [0.4, 0.5) is 10.1 Å². The third-order valence-electron chi connectivity index (χ3n) is 14.0. The Kier molecular flexibility index (Phi) is 14.6. The van der Waals surface area contributed by atoms with E-state index in [1.165, 1.54) is 24.5 Å². The van der Waals surface area contributed by atoms with Gasteiger partial charge < -0.3 is 30.2 Å². The smallest absolute Gasteiger partial charge is 0.274 e. The third-order valence-corrected chi connectivity index (χ3v) is 14.0. The molecule has 0 unspecified atom stereocenters. The van der Waals surface area contributed by atoms with E-state index in [-0.39, 0.29) is 41.1 Å². The fourth-order valence-corrected chi connectivity index (χ4v) is 9.70. The summed E-state index contributed by atoms with van der Waals surface area (Å²) in [5.41, 5.74) is 4.75. The molecule has 15 nitrogen and oxygen atoms in total. The predicted octanol–water partition coefficient (Wildman–Crippen LogP) is 4.67. The zero-order chi connectivity index (χ0) is 47.1. The number of anilines is 1. The van der Waals surface area contributed by atoms with E-state index in [4.69, 9.17) is 0 Å². The molecule has 3 N–H and O–H groups in total. The Morgan fingerprint density at radius 2 is 1.44 bits per heavy atom. The van der Waals surface area contributed by atoms with Crippen molar-refractivity contribution in [3.8, 4) is 11.1 Å². The third kappa shape index (κ3) is 11.3. The Balaban J connectivity index is 0.717. The van der Waals surface area contributed by atoms with Crippen LogP contribution < -0.4 is 16.2 Å². The minimum absolute atomic E-state index is 0.0244. The van der Waals surface area contributed by atoms with Gasteiger partial charge in [0, 0.05) is 95.6 Å². The fourth-order valence-electron chi connectivity index (χ4n) is 9.70. The number of likely N-dealkylation sites (tertiary alicyclic amines) is 1. The Hall–Kier alpha value is -6.36. The number of piperazine rings is 2. The van der Waals surface area contributed by atoms with E-state index < -0.39 is 11.7 Å². The molecule has 3 saturated heterocycles. The summed E-state index contributed by atoms with van der Waals surface area (Å²) < 4.78 is 15.1. The number of benzene rings is 3. The topological polar surface area (TPSA) is 167 Å². The average molecular weight is 925 g/mol. The summed E-state index contributed by atoms with van der Waals surface area (Å²) in [7, 11) is 0. The normalized spacial score (nSPS) is 17.4. The summed E-state index contributed by atoms with van der Waals surface area (Å²) in [6, 6.07) is 21.8. The average Bonchev–Trinajstić information content (AvgIpc) is 4.20. The van der Waals surface area contributed by atoms with Crippen molar-refractivity contribution in [2.24, 2.45) is 11.8 Å². The molecule has 0 bridgehead atoms. The van der Waals surface area contributed by atoms with Crippen LogP contribution >= 0.6 is 0 Å². The largest absolute Gasteiger partial charge is 0.338 e. The van der Waals surface area contributed by atoms with Gasteiger partial charge in [-0.3, -0.25) is 28.9 Å². The molecule has 3 aromatic carbocycles. The van der Waals surface area contributed by atoms with E-state index in [1.54, 1.807) is 40.3 Å². The second-order valence-electron chi connectivity index (χ2n) is 18.8. The number of rotatable bonds is 15. The molecule has 2 aromatic heterocycles. The molecule has 1 saturated carbocycles. The maximum Gasteiger partial charge on any atom is 0.274 e. The first kappa shape index (κ1) is 46.7. The van der Waals surface area contributed by atoms with E-state index in [0.717, 1.165) is 69.7 Å². The highest BCUT2D eigenvalue weighted by Gasteiger charge is 2.31. The molecule has 4 aliphatic rings. The highest BCUT2D eigenvalue weighted by atomic mass is 19.1. The van der Waals surface area contributed by atoms with Gasteiger partial charge in [-0.2, -0.15) is 5.10 Å². The Labute approximate surface area is 396 Å². The van der Waals surface area contributed by atoms with Gasteiger partial charge in [-0.25, -0.2) is 14.5 Å². The number of amides is 4. The van der Waals surface area contributed by atoms with Gasteiger partial charge in [-0.1, -0.05) is 55.5 Å². The lowest BCUT2D eigenvalue weighted by atomic mass is 9.95. The molecule has 0 radical (unpaired) electrons. The molecule has 4 fully saturated rings. The van der Waals surface area contributed by atoms with Gasteiger partial charge in [0.25, 0.3) is 17.4 Å². The first-order valence-corrected chi connectivity index (χ1v) is 24.2. The van der Waals surface area contributed by atoms with Crippen molar-refractivity contribution in [2.45, 2.75) is 45.4 Å². The van der Waals surface area contributed by atoms with E-state index in [1.807, 2.05) is 35.2 Å². The van der Waals surface area contributed by atoms with Crippen molar-refractivity contribution in [3.63, 3.8) is 0 Å². The van der Waals surface area contributed by atoms with Crippen LogP contribution in [0.25, 0.3) is 21.9 Å². The maximum absolute atomic E-state index is 15.1. The minimum Gasteiger partial charge on any atom is -0.338 e. The van der Waals surface area contributed by atoms with Crippen LogP contribution in [-0.4, -0.2) is 155 Å². The van der Waals surface area contributed by atoms with Crippen LogP contribution in [0.5, 0.6) is 0 Å². The monoisotopic (exact) mass is 924 g/mol. The quantitative estimate of drug-likeness (QED) is 0.134. The second kappa shape index (κ2) is 21.3. The van der Waals surface area contributed by atoms with Crippen LogP contribution in [0.3, 0.4) is 0 Å². The number of fused-ring (bicyclic) bond motifs is 1. The number of carbonyl (C=O) groups is 4. The van der Waals surface area contributed by atoms with Crippen LogP contribution in [-0.2, 0) is 22.4 Å². The van der Waals surface area contributed by atoms with Crippen LogP contribution in [0.1, 0.15) is 70.3 Å². The Morgan fingerprint density at radius 1 is 0.721 bits per heavy atom. The van der Waals surface area contributed by atoms with E-state index in [0.29, 0.717) is 91.8 Å². The number of nitrogens with zero attached hydrogens (tertiary/aromatic N) is 7. The first-order valence-electron chi connectivity index (χ1n) is 24.2. The van der Waals surface area contributed by atoms with Crippen molar-refractivity contribution in [1.29, 1.82) is 0 Å². The van der Waals surface area contributed by atoms with Gasteiger partial charge in [0.05, 0.1) is 35.4 Å². The molecule has 5 heterocycles. The van der Waals surface area contributed by atoms with Crippen molar-refractivity contribution in [3.05, 3.63) is 123 Å². The van der Waals surface area contributed by atoms with E-state index in [9.17, 15) is 24.0 Å². The number of carbonyl (C=O) groups excluding carboxylic acids is 4. The predicted molar refractivity (Wildman–Crippen MR) is 259 cm³/mol. The zero-order valence-corrected chi connectivity index (χ0v) is 38.9. The molecule has 9 rings (SSSR count). The molecular weight excluding hydrogens is 864 g/mol. The van der Waals surface area contributed by atoms with Crippen LogP contribution in [0.2, 0.25) is 0 Å². The lowest BCUT2D eigenvalue weighted by molar-refractivity contribution is -0.134. The van der Waals surface area contributed by atoms with Gasteiger partial charge in [0.1, 0.15) is 5.82 Å². The summed E-state index contributed by atoms with van der Waals surface area (Å²) in [5.74, 6) is -0.269. The molecule has 1 aliphatic carbocycles. The molecule has 4 amide bonds. The maximum atomic E-state index is 15.1. The molecule has 68 heavy (non-hydrogen) atoms. The van der Waals surface area contributed by atoms with E-state index in [2.05, 4.69) is 54.7 Å². The highest BCUT2D eigenvalue weighted by Crippen LogP contribution is 2.29. The number of pyridine rings is 1.